The minimum Gasteiger partial charge on any atom is -0.338 e. The van der Waals surface area contributed by atoms with Gasteiger partial charge in [0.05, 0.1) is 14.2 Å². The average Bonchev–Trinajstić information content (AvgIpc) is 3.00. The van der Waals surface area contributed by atoms with Crippen molar-refractivity contribution in [1.82, 2.24) is 9.88 Å². The van der Waals surface area contributed by atoms with E-state index < -0.39 is 0 Å². The van der Waals surface area contributed by atoms with Crippen molar-refractivity contribution in [2.24, 2.45) is 5.92 Å². The molecule has 1 aliphatic heterocycles. The normalized spacial score (nSPS) is 16.0. The summed E-state index contributed by atoms with van der Waals surface area (Å²) in [5.74, 6) is 1.85. The molecule has 1 fully saturated rings. The fourth-order valence-electron chi connectivity index (χ4n) is 2.52. The zero-order valence-corrected chi connectivity index (χ0v) is 14.5. The van der Waals surface area contributed by atoms with E-state index in [9.17, 15) is 4.79 Å². The fourth-order valence-corrected chi connectivity index (χ4v) is 4.58. The van der Waals surface area contributed by atoms with Crippen LogP contribution in [0.5, 0.6) is 0 Å². The molecule has 1 amide bonds. The topological polar surface area (TPSA) is 33.2 Å². The summed E-state index contributed by atoms with van der Waals surface area (Å²) in [7, 11) is 0. The molecule has 2 aromatic heterocycles. The summed E-state index contributed by atoms with van der Waals surface area (Å²) < 4.78 is 0.671. The molecular formula is C16H17ClN2OS2. The molecule has 3 heterocycles. The number of thioether (sulfide) groups is 1. The van der Waals surface area contributed by atoms with Gasteiger partial charge in [-0.15, -0.1) is 23.1 Å². The van der Waals surface area contributed by atoms with Crippen molar-refractivity contribution in [1.29, 1.82) is 0 Å². The Morgan fingerprint density at radius 3 is 2.77 bits per heavy atom. The van der Waals surface area contributed by atoms with Crippen LogP contribution in [0.3, 0.4) is 0 Å². The van der Waals surface area contributed by atoms with E-state index in [0.717, 1.165) is 41.6 Å². The Kier molecular flexibility index (Phi) is 5.39. The molecule has 0 unspecified atom stereocenters. The van der Waals surface area contributed by atoms with Crippen LogP contribution in [0.4, 0.5) is 0 Å². The summed E-state index contributed by atoms with van der Waals surface area (Å²) in [6.45, 7) is 1.67. The number of rotatable bonds is 4. The number of nitrogens with zero attached hydrogens (tertiary/aromatic N) is 2. The number of aromatic nitrogens is 1. The van der Waals surface area contributed by atoms with Gasteiger partial charge in [0.1, 0.15) is 0 Å². The van der Waals surface area contributed by atoms with Crippen LogP contribution in [-0.2, 0) is 0 Å². The summed E-state index contributed by atoms with van der Waals surface area (Å²) in [5, 5.41) is 1.08. The molecule has 116 valence electrons. The summed E-state index contributed by atoms with van der Waals surface area (Å²) in [6, 6.07) is 9.60. The molecule has 0 atom stereocenters. The molecule has 0 saturated carbocycles. The maximum absolute atomic E-state index is 12.4. The van der Waals surface area contributed by atoms with Crippen molar-refractivity contribution in [2.45, 2.75) is 17.9 Å². The van der Waals surface area contributed by atoms with Crippen LogP contribution in [0, 0.1) is 5.92 Å². The molecule has 22 heavy (non-hydrogen) atoms. The number of halogens is 1. The molecule has 0 bridgehead atoms. The summed E-state index contributed by atoms with van der Waals surface area (Å²) in [5.41, 5.74) is 0. The number of amides is 1. The molecule has 6 heteroatoms. The minimum absolute atomic E-state index is 0.118. The number of hydrogen-bond donors (Lipinski definition) is 0. The molecule has 0 spiro atoms. The van der Waals surface area contributed by atoms with E-state index in [1.165, 1.54) is 11.3 Å². The second kappa shape index (κ2) is 7.49. The van der Waals surface area contributed by atoms with Gasteiger partial charge < -0.3 is 4.90 Å². The first kappa shape index (κ1) is 15.8. The number of hydrogen-bond acceptors (Lipinski definition) is 4. The number of carbonyl (C=O) groups excluding carboxylic acids is 1. The van der Waals surface area contributed by atoms with Crippen LogP contribution in [0.25, 0.3) is 0 Å². The quantitative estimate of drug-likeness (QED) is 0.762. The van der Waals surface area contributed by atoms with Crippen LogP contribution in [0.2, 0.25) is 4.34 Å². The lowest BCUT2D eigenvalue weighted by molar-refractivity contribution is 0.0703. The SMILES string of the molecule is O=C(c1ccc(Cl)s1)N1CCC(CSc2ccccn2)CC1. The lowest BCUT2D eigenvalue weighted by Crippen LogP contribution is -2.38. The third-order valence-corrected chi connectivity index (χ3v) is 6.18. The zero-order chi connectivity index (χ0) is 15.4. The van der Waals surface area contributed by atoms with E-state index in [1.54, 1.807) is 17.8 Å². The Labute approximate surface area is 143 Å². The molecule has 1 aliphatic rings. The third-order valence-electron chi connectivity index (χ3n) is 3.79. The highest BCUT2D eigenvalue weighted by molar-refractivity contribution is 7.99. The maximum atomic E-state index is 12.4. The van der Waals surface area contributed by atoms with E-state index in [2.05, 4.69) is 4.98 Å². The van der Waals surface area contributed by atoms with Crippen molar-refractivity contribution < 1.29 is 4.79 Å². The van der Waals surface area contributed by atoms with Gasteiger partial charge in [-0.1, -0.05) is 17.7 Å². The molecule has 3 nitrogen and oxygen atoms in total. The first-order chi connectivity index (χ1) is 10.7. The Morgan fingerprint density at radius 1 is 1.32 bits per heavy atom. The number of thiophene rings is 1. The Bertz CT molecular complexity index is 624. The van der Waals surface area contributed by atoms with Gasteiger partial charge >= 0.3 is 0 Å². The summed E-state index contributed by atoms with van der Waals surface area (Å²) >= 11 is 9.07. The highest BCUT2D eigenvalue weighted by Crippen LogP contribution is 2.28. The maximum Gasteiger partial charge on any atom is 0.263 e. The van der Waals surface area contributed by atoms with Crippen LogP contribution in [-0.4, -0.2) is 34.6 Å². The summed E-state index contributed by atoms with van der Waals surface area (Å²) in [4.78, 5) is 19.4. The number of pyridine rings is 1. The first-order valence-electron chi connectivity index (χ1n) is 7.31. The third kappa shape index (κ3) is 4.03. The van der Waals surface area contributed by atoms with Crippen LogP contribution < -0.4 is 0 Å². The van der Waals surface area contributed by atoms with Gasteiger partial charge in [0.25, 0.3) is 5.91 Å². The molecule has 0 aliphatic carbocycles. The molecular weight excluding hydrogens is 336 g/mol. The van der Waals surface area contributed by atoms with Gasteiger partial charge in [0.2, 0.25) is 0 Å². The lowest BCUT2D eigenvalue weighted by atomic mass is 9.99. The predicted molar refractivity (Wildman–Crippen MR) is 92.9 cm³/mol. The standard InChI is InChI=1S/C16H17ClN2OS2/c17-14-5-4-13(22-14)16(20)19-9-6-12(7-10-19)11-21-15-3-1-2-8-18-15/h1-5,8,12H,6-7,9-11H2. The molecule has 1 saturated heterocycles. The van der Waals surface area contributed by atoms with Gasteiger partial charge in [-0.25, -0.2) is 4.98 Å². The highest BCUT2D eigenvalue weighted by atomic mass is 35.5. The Balaban J connectivity index is 1.47. The van der Waals surface area contributed by atoms with Crippen molar-refractivity contribution in [3.63, 3.8) is 0 Å². The lowest BCUT2D eigenvalue weighted by Gasteiger charge is -2.31. The highest BCUT2D eigenvalue weighted by Gasteiger charge is 2.24. The van der Waals surface area contributed by atoms with Gasteiger partial charge in [-0.3, -0.25) is 4.79 Å². The van der Waals surface area contributed by atoms with E-state index in [4.69, 9.17) is 11.6 Å². The average molecular weight is 353 g/mol. The van der Waals surface area contributed by atoms with E-state index >= 15 is 0 Å². The molecule has 0 radical (unpaired) electrons. The number of carbonyl (C=O) groups is 1. The van der Waals surface area contributed by atoms with Gasteiger partial charge in [0, 0.05) is 25.0 Å². The van der Waals surface area contributed by atoms with Crippen LogP contribution >= 0.6 is 34.7 Å². The monoisotopic (exact) mass is 352 g/mol. The largest absolute Gasteiger partial charge is 0.338 e. The predicted octanol–water partition coefficient (Wildman–Crippen LogP) is 4.44. The van der Waals surface area contributed by atoms with E-state index in [0.29, 0.717) is 10.3 Å². The van der Waals surface area contributed by atoms with Crippen LogP contribution in [0.15, 0.2) is 41.6 Å². The molecule has 0 aromatic carbocycles. The van der Waals surface area contributed by atoms with Crippen molar-refractivity contribution in [3.8, 4) is 0 Å². The van der Waals surface area contributed by atoms with Crippen molar-refractivity contribution >= 4 is 40.6 Å². The summed E-state index contributed by atoms with van der Waals surface area (Å²) in [6.07, 6.45) is 3.95. The fraction of sp³-hybridized carbons (Fsp3) is 0.375. The van der Waals surface area contributed by atoms with Crippen molar-refractivity contribution in [2.75, 3.05) is 18.8 Å². The Hall–Kier alpha value is -1.04. The van der Waals surface area contributed by atoms with Crippen LogP contribution in [0.1, 0.15) is 22.5 Å². The minimum atomic E-state index is 0.118. The molecule has 3 rings (SSSR count). The van der Waals surface area contributed by atoms with Gasteiger partial charge in [0.15, 0.2) is 0 Å². The molecule has 2 aromatic rings. The smallest absolute Gasteiger partial charge is 0.263 e. The second-order valence-electron chi connectivity index (χ2n) is 5.32. The second-order valence-corrected chi connectivity index (χ2v) is 8.07. The van der Waals surface area contributed by atoms with Gasteiger partial charge in [-0.05, 0) is 43.0 Å². The first-order valence-corrected chi connectivity index (χ1v) is 9.49. The van der Waals surface area contributed by atoms with Crippen molar-refractivity contribution in [3.05, 3.63) is 45.7 Å². The number of piperidine rings is 1. The van der Waals surface area contributed by atoms with E-state index in [-0.39, 0.29) is 5.91 Å². The number of likely N-dealkylation sites (tertiary alicyclic amines) is 1. The van der Waals surface area contributed by atoms with Gasteiger partial charge in [-0.2, -0.15) is 0 Å². The zero-order valence-electron chi connectivity index (χ0n) is 12.1. The Morgan fingerprint density at radius 2 is 2.14 bits per heavy atom. The molecule has 0 N–H and O–H groups in total. The van der Waals surface area contributed by atoms with E-state index in [1.807, 2.05) is 35.4 Å².